The maximum absolute atomic E-state index is 5.91. The molecule has 0 bridgehead atoms. The van der Waals surface area contributed by atoms with Crippen molar-refractivity contribution in [2.24, 2.45) is 5.92 Å². The molecule has 0 aromatic carbocycles. The molecule has 2 rings (SSSR count). The smallest absolute Gasteiger partial charge is 0.0678 e. The molecule has 0 radical (unpaired) electrons. The van der Waals surface area contributed by atoms with Crippen molar-refractivity contribution in [2.75, 3.05) is 19.6 Å². The van der Waals surface area contributed by atoms with E-state index in [1.54, 1.807) is 0 Å². The first-order chi connectivity index (χ1) is 9.63. The lowest BCUT2D eigenvalue weighted by atomic mass is 9.80. The van der Waals surface area contributed by atoms with Crippen LogP contribution in [0.2, 0.25) is 0 Å². The lowest BCUT2D eigenvalue weighted by Crippen LogP contribution is -2.58. The fourth-order valence-corrected chi connectivity index (χ4v) is 4.06. The number of nitrogens with one attached hydrogen (secondary N) is 1. The highest BCUT2D eigenvalue weighted by atomic mass is 16.5. The third-order valence-electron chi connectivity index (χ3n) is 5.08. The van der Waals surface area contributed by atoms with Crippen LogP contribution in [0.3, 0.4) is 0 Å². The van der Waals surface area contributed by atoms with Gasteiger partial charge in [-0.25, -0.2) is 0 Å². The van der Waals surface area contributed by atoms with E-state index in [2.05, 4.69) is 37.9 Å². The first-order valence-electron chi connectivity index (χ1n) is 8.76. The Morgan fingerprint density at radius 1 is 1.10 bits per heavy atom. The molecule has 5 atom stereocenters. The van der Waals surface area contributed by atoms with Gasteiger partial charge in [-0.05, 0) is 52.0 Å². The van der Waals surface area contributed by atoms with E-state index in [9.17, 15) is 0 Å². The number of hydrogen-bond donors (Lipinski definition) is 1. The van der Waals surface area contributed by atoms with Crippen molar-refractivity contribution < 1.29 is 4.74 Å². The summed E-state index contributed by atoms with van der Waals surface area (Å²) in [4.78, 5) is 2.72. The number of ether oxygens (including phenoxy) is 1. The van der Waals surface area contributed by atoms with Gasteiger partial charge in [-0.1, -0.05) is 20.3 Å². The summed E-state index contributed by atoms with van der Waals surface area (Å²) in [6.07, 6.45) is 7.47. The Kier molecular flexibility index (Phi) is 6.31. The maximum Gasteiger partial charge on any atom is 0.0678 e. The predicted molar refractivity (Wildman–Crippen MR) is 85.1 cm³/mol. The van der Waals surface area contributed by atoms with E-state index in [-0.39, 0.29) is 0 Å². The minimum atomic E-state index is 0.382. The standard InChI is InChI=1S/C17H34N2O/c1-5-9-18-16-8-7-15(6-2)10-17(16)19-11-13(3)20-14(4)12-19/h13-18H,5-12H2,1-4H3/t13-,14+,15?,16?,17?. The summed E-state index contributed by atoms with van der Waals surface area (Å²) in [6.45, 7) is 12.4. The Labute approximate surface area is 125 Å². The lowest BCUT2D eigenvalue weighted by Gasteiger charge is -2.47. The minimum Gasteiger partial charge on any atom is -0.373 e. The van der Waals surface area contributed by atoms with Crippen LogP contribution in [0.1, 0.15) is 59.8 Å². The number of morpholine rings is 1. The summed E-state index contributed by atoms with van der Waals surface area (Å²) in [7, 11) is 0. The highest BCUT2D eigenvalue weighted by Crippen LogP contribution is 2.31. The van der Waals surface area contributed by atoms with Gasteiger partial charge >= 0.3 is 0 Å². The van der Waals surface area contributed by atoms with E-state index in [0.717, 1.165) is 25.6 Å². The molecule has 1 saturated carbocycles. The Morgan fingerprint density at radius 2 is 1.80 bits per heavy atom. The van der Waals surface area contributed by atoms with Crippen molar-refractivity contribution in [1.82, 2.24) is 10.2 Å². The van der Waals surface area contributed by atoms with Crippen LogP contribution in [-0.4, -0.2) is 48.8 Å². The predicted octanol–water partition coefficient (Wildman–Crippen LogP) is 3.04. The third kappa shape index (κ3) is 4.19. The van der Waals surface area contributed by atoms with Gasteiger partial charge in [0.05, 0.1) is 12.2 Å². The van der Waals surface area contributed by atoms with Gasteiger partial charge < -0.3 is 10.1 Å². The molecule has 3 unspecified atom stereocenters. The first kappa shape index (κ1) is 16.3. The molecule has 3 nitrogen and oxygen atoms in total. The molecule has 1 N–H and O–H groups in total. The zero-order chi connectivity index (χ0) is 14.5. The van der Waals surface area contributed by atoms with E-state index < -0.39 is 0 Å². The average Bonchev–Trinajstić information content (AvgIpc) is 2.44. The van der Waals surface area contributed by atoms with Crippen LogP contribution < -0.4 is 5.32 Å². The molecule has 0 aromatic rings. The van der Waals surface area contributed by atoms with Crippen LogP contribution in [0.15, 0.2) is 0 Å². The molecular weight excluding hydrogens is 248 g/mol. The summed E-state index contributed by atoms with van der Waals surface area (Å²) in [5, 5.41) is 3.81. The van der Waals surface area contributed by atoms with Crippen molar-refractivity contribution in [3.8, 4) is 0 Å². The second kappa shape index (κ2) is 7.77. The Hall–Kier alpha value is -0.120. The molecular formula is C17H34N2O. The van der Waals surface area contributed by atoms with Crippen molar-refractivity contribution in [3.63, 3.8) is 0 Å². The normalized spacial score (nSPS) is 39.9. The molecule has 2 fully saturated rings. The van der Waals surface area contributed by atoms with Gasteiger partial charge in [0.25, 0.3) is 0 Å². The molecule has 1 aliphatic carbocycles. The topological polar surface area (TPSA) is 24.5 Å². The van der Waals surface area contributed by atoms with Crippen molar-refractivity contribution >= 4 is 0 Å². The fraction of sp³-hybridized carbons (Fsp3) is 1.00. The number of rotatable bonds is 5. The molecule has 20 heavy (non-hydrogen) atoms. The van der Waals surface area contributed by atoms with Gasteiger partial charge in [-0.2, -0.15) is 0 Å². The summed E-state index contributed by atoms with van der Waals surface area (Å²) in [5.41, 5.74) is 0. The van der Waals surface area contributed by atoms with Gasteiger partial charge in [-0.15, -0.1) is 0 Å². The Balaban J connectivity index is 2.01. The van der Waals surface area contributed by atoms with Crippen molar-refractivity contribution in [3.05, 3.63) is 0 Å². The number of hydrogen-bond acceptors (Lipinski definition) is 3. The zero-order valence-corrected chi connectivity index (χ0v) is 13.9. The maximum atomic E-state index is 5.91. The summed E-state index contributed by atoms with van der Waals surface area (Å²) in [5.74, 6) is 0.924. The second-order valence-electron chi connectivity index (χ2n) is 6.93. The summed E-state index contributed by atoms with van der Waals surface area (Å²) >= 11 is 0. The molecule has 0 amide bonds. The molecule has 1 heterocycles. The van der Waals surface area contributed by atoms with Gasteiger partial charge in [0.15, 0.2) is 0 Å². The van der Waals surface area contributed by atoms with Gasteiger partial charge in [-0.3, -0.25) is 4.90 Å². The van der Waals surface area contributed by atoms with Crippen LogP contribution in [-0.2, 0) is 4.74 Å². The van der Waals surface area contributed by atoms with Crippen LogP contribution in [0, 0.1) is 5.92 Å². The lowest BCUT2D eigenvalue weighted by molar-refractivity contribution is -0.0905. The minimum absolute atomic E-state index is 0.382. The van der Waals surface area contributed by atoms with Gasteiger partial charge in [0, 0.05) is 25.2 Å². The van der Waals surface area contributed by atoms with Crippen molar-refractivity contribution in [1.29, 1.82) is 0 Å². The molecule has 118 valence electrons. The Bertz CT molecular complexity index is 274. The van der Waals surface area contributed by atoms with E-state index in [4.69, 9.17) is 4.74 Å². The van der Waals surface area contributed by atoms with Crippen molar-refractivity contribution in [2.45, 2.75) is 84.1 Å². The van der Waals surface area contributed by atoms with E-state index in [1.165, 1.54) is 32.1 Å². The third-order valence-corrected chi connectivity index (χ3v) is 5.08. The average molecular weight is 282 g/mol. The quantitative estimate of drug-likeness (QED) is 0.839. The summed E-state index contributed by atoms with van der Waals surface area (Å²) in [6, 6.07) is 1.41. The molecule has 3 heteroatoms. The van der Waals surface area contributed by atoms with E-state index in [1.807, 2.05) is 0 Å². The molecule has 1 saturated heterocycles. The largest absolute Gasteiger partial charge is 0.373 e. The van der Waals surface area contributed by atoms with Gasteiger partial charge in [0.2, 0.25) is 0 Å². The number of nitrogens with zero attached hydrogens (tertiary/aromatic N) is 1. The van der Waals surface area contributed by atoms with E-state index in [0.29, 0.717) is 24.3 Å². The molecule has 0 spiro atoms. The molecule has 1 aliphatic heterocycles. The Morgan fingerprint density at radius 3 is 2.40 bits per heavy atom. The highest BCUT2D eigenvalue weighted by Gasteiger charge is 2.36. The van der Waals surface area contributed by atoms with Crippen LogP contribution >= 0.6 is 0 Å². The highest BCUT2D eigenvalue weighted by molar-refractivity contribution is 4.93. The van der Waals surface area contributed by atoms with Crippen LogP contribution in [0.5, 0.6) is 0 Å². The first-order valence-corrected chi connectivity index (χ1v) is 8.76. The molecule has 0 aromatic heterocycles. The fourth-order valence-electron chi connectivity index (χ4n) is 4.06. The van der Waals surface area contributed by atoms with Gasteiger partial charge in [0.1, 0.15) is 0 Å². The zero-order valence-electron chi connectivity index (χ0n) is 13.9. The summed E-state index contributed by atoms with van der Waals surface area (Å²) < 4.78 is 5.91. The SMILES string of the molecule is CCCNC1CCC(CC)CC1N1C[C@@H](C)O[C@@H](C)C1. The van der Waals surface area contributed by atoms with E-state index >= 15 is 0 Å². The molecule has 2 aliphatic rings. The van der Waals surface area contributed by atoms with Crippen LogP contribution in [0.4, 0.5) is 0 Å². The van der Waals surface area contributed by atoms with Crippen LogP contribution in [0.25, 0.3) is 0 Å². The second-order valence-corrected chi connectivity index (χ2v) is 6.93. The monoisotopic (exact) mass is 282 g/mol.